The Morgan fingerprint density at radius 3 is 2.61 bits per heavy atom. The molecule has 0 saturated heterocycles. The molecule has 0 radical (unpaired) electrons. The van der Waals surface area contributed by atoms with Crippen molar-refractivity contribution in [2.75, 3.05) is 6.26 Å². The molecule has 4 heteroatoms. The number of aromatic nitrogens is 3. The fourth-order valence-electron chi connectivity index (χ4n) is 3.13. The van der Waals surface area contributed by atoms with Crippen LogP contribution in [0, 0.1) is 0 Å². The summed E-state index contributed by atoms with van der Waals surface area (Å²) in [6.07, 6.45) is 7.21. The van der Waals surface area contributed by atoms with Crippen molar-refractivity contribution in [3.8, 4) is 0 Å². The number of thioether (sulfide) groups is 1. The molecular weight excluding hydrogens is 302 g/mol. The maximum Gasteiger partial charge on any atom is 0.195 e. The van der Waals surface area contributed by atoms with Crippen LogP contribution in [-0.2, 0) is 6.42 Å². The molecule has 2 heterocycles. The molecule has 1 unspecified atom stereocenters. The van der Waals surface area contributed by atoms with Crippen molar-refractivity contribution < 1.29 is 0 Å². The summed E-state index contributed by atoms with van der Waals surface area (Å²) < 4.78 is 2.12. The fraction of sp³-hybridized carbons (Fsp3) is 0.158. The van der Waals surface area contributed by atoms with E-state index in [0.29, 0.717) is 0 Å². The molecule has 0 fully saturated rings. The third kappa shape index (κ3) is 2.59. The molecule has 3 nitrogen and oxygen atoms in total. The molecule has 0 saturated carbocycles. The largest absolute Gasteiger partial charge is 0.280 e. The topological polar surface area (TPSA) is 30.7 Å². The summed E-state index contributed by atoms with van der Waals surface area (Å²) in [5.41, 5.74) is 3.88. The van der Waals surface area contributed by atoms with E-state index in [1.807, 2.05) is 6.26 Å². The van der Waals surface area contributed by atoms with Crippen LogP contribution < -0.4 is 0 Å². The van der Waals surface area contributed by atoms with Crippen LogP contribution in [0.3, 0.4) is 0 Å². The Morgan fingerprint density at radius 1 is 1.00 bits per heavy atom. The normalized spacial score (nSPS) is 15.8. The van der Waals surface area contributed by atoms with Gasteiger partial charge in [-0.3, -0.25) is 4.57 Å². The third-order valence-electron chi connectivity index (χ3n) is 4.24. The van der Waals surface area contributed by atoms with E-state index in [2.05, 4.69) is 81.6 Å². The highest BCUT2D eigenvalue weighted by molar-refractivity contribution is 7.98. The van der Waals surface area contributed by atoms with E-state index in [1.165, 1.54) is 16.7 Å². The maximum atomic E-state index is 4.50. The van der Waals surface area contributed by atoms with Gasteiger partial charge in [0.25, 0.3) is 0 Å². The van der Waals surface area contributed by atoms with E-state index < -0.39 is 0 Å². The lowest BCUT2D eigenvalue weighted by molar-refractivity contribution is 0.720. The predicted octanol–water partition coefficient (Wildman–Crippen LogP) is 4.32. The van der Waals surface area contributed by atoms with Gasteiger partial charge in [0.15, 0.2) is 5.16 Å². The Hall–Kier alpha value is -2.33. The number of hydrogen-bond donors (Lipinski definition) is 0. The predicted molar refractivity (Wildman–Crippen MR) is 95.5 cm³/mol. The van der Waals surface area contributed by atoms with Crippen LogP contribution >= 0.6 is 11.8 Å². The molecule has 0 N–H and O–H groups in total. The molecular formula is C19H17N3S. The highest BCUT2D eigenvalue weighted by Crippen LogP contribution is 2.34. The van der Waals surface area contributed by atoms with Crippen LogP contribution in [0.2, 0.25) is 0 Å². The Morgan fingerprint density at radius 2 is 1.78 bits per heavy atom. The molecule has 114 valence electrons. The van der Waals surface area contributed by atoms with Gasteiger partial charge in [0.05, 0.1) is 0 Å². The molecule has 23 heavy (non-hydrogen) atoms. The van der Waals surface area contributed by atoms with Gasteiger partial charge in [0, 0.05) is 12.1 Å². The molecule has 2 aromatic carbocycles. The average molecular weight is 319 g/mol. The van der Waals surface area contributed by atoms with E-state index >= 15 is 0 Å². The van der Waals surface area contributed by atoms with Gasteiger partial charge in [-0.1, -0.05) is 66.4 Å². The Bertz CT molecular complexity index is 852. The lowest BCUT2D eigenvalue weighted by Crippen LogP contribution is -2.10. The van der Waals surface area contributed by atoms with Crippen LogP contribution in [0.25, 0.3) is 12.3 Å². The third-order valence-corrected chi connectivity index (χ3v) is 4.89. The summed E-state index contributed by atoms with van der Waals surface area (Å²) in [6, 6.07) is 19.2. The average Bonchev–Trinajstić information content (AvgIpc) is 2.95. The molecule has 1 atom stereocenters. The minimum atomic E-state index is 0.206. The van der Waals surface area contributed by atoms with Crippen molar-refractivity contribution in [1.29, 1.82) is 0 Å². The SMILES string of the molecule is CSc1nnc2n1C=Cc1ccccc1C2Cc1ccccc1. The Kier molecular flexibility index (Phi) is 3.75. The van der Waals surface area contributed by atoms with Crippen LogP contribution in [0.1, 0.15) is 28.4 Å². The zero-order valence-corrected chi connectivity index (χ0v) is 13.7. The zero-order chi connectivity index (χ0) is 15.6. The number of fused-ring (bicyclic) bond motifs is 2. The van der Waals surface area contributed by atoms with Gasteiger partial charge in [-0.25, -0.2) is 0 Å². The number of rotatable bonds is 3. The van der Waals surface area contributed by atoms with Crippen LogP contribution in [0.4, 0.5) is 0 Å². The molecule has 0 aliphatic carbocycles. The molecule has 0 spiro atoms. The zero-order valence-electron chi connectivity index (χ0n) is 12.9. The highest BCUT2D eigenvalue weighted by Gasteiger charge is 2.25. The van der Waals surface area contributed by atoms with Crippen LogP contribution in [-0.4, -0.2) is 21.0 Å². The smallest absolute Gasteiger partial charge is 0.195 e. The maximum absolute atomic E-state index is 4.50. The summed E-state index contributed by atoms with van der Waals surface area (Å²) in [4.78, 5) is 0. The summed E-state index contributed by atoms with van der Waals surface area (Å²) in [5, 5.41) is 9.78. The van der Waals surface area contributed by atoms with Gasteiger partial charge in [-0.05, 0) is 35.4 Å². The van der Waals surface area contributed by atoms with Crippen molar-refractivity contribution in [2.45, 2.75) is 17.5 Å². The molecule has 0 bridgehead atoms. The van der Waals surface area contributed by atoms with Crippen molar-refractivity contribution >= 4 is 24.0 Å². The standard InChI is InChI=1S/C19H17N3S/c1-23-19-21-20-18-17(13-14-7-3-2-4-8-14)16-10-6-5-9-15(16)11-12-22(18)19/h2-12,17H,13H2,1H3. The quantitative estimate of drug-likeness (QED) is 0.674. The fourth-order valence-corrected chi connectivity index (χ4v) is 3.60. The van der Waals surface area contributed by atoms with Crippen molar-refractivity contribution in [1.82, 2.24) is 14.8 Å². The first-order valence-corrected chi connectivity index (χ1v) is 8.89. The molecule has 0 amide bonds. The first kappa shape index (κ1) is 14.3. The summed E-state index contributed by atoms with van der Waals surface area (Å²) >= 11 is 1.62. The number of benzene rings is 2. The van der Waals surface area contributed by atoms with E-state index in [1.54, 1.807) is 11.8 Å². The monoisotopic (exact) mass is 319 g/mol. The Labute approximate surface area is 140 Å². The van der Waals surface area contributed by atoms with Gasteiger partial charge >= 0.3 is 0 Å². The lowest BCUT2D eigenvalue weighted by Gasteiger charge is -2.17. The van der Waals surface area contributed by atoms with Crippen LogP contribution in [0.15, 0.2) is 59.8 Å². The Balaban J connectivity index is 1.86. The first-order valence-electron chi connectivity index (χ1n) is 7.66. The minimum Gasteiger partial charge on any atom is -0.280 e. The molecule has 1 aromatic heterocycles. The van der Waals surface area contributed by atoms with Gasteiger partial charge in [-0.15, -0.1) is 10.2 Å². The van der Waals surface area contributed by atoms with Crippen molar-refractivity contribution in [3.05, 3.63) is 77.1 Å². The van der Waals surface area contributed by atoms with Gasteiger partial charge in [-0.2, -0.15) is 0 Å². The van der Waals surface area contributed by atoms with Gasteiger partial charge in [0.1, 0.15) is 5.82 Å². The summed E-state index contributed by atoms with van der Waals surface area (Å²) in [7, 11) is 0. The van der Waals surface area contributed by atoms with Crippen molar-refractivity contribution in [2.24, 2.45) is 0 Å². The molecule has 1 aliphatic heterocycles. The van der Waals surface area contributed by atoms with E-state index in [9.17, 15) is 0 Å². The second-order valence-electron chi connectivity index (χ2n) is 5.60. The summed E-state index contributed by atoms with van der Waals surface area (Å²) in [5.74, 6) is 1.22. The lowest BCUT2D eigenvalue weighted by atomic mass is 9.88. The molecule has 3 aromatic rings. The molecule has 1 aliphatic rings. The van der Waals surface area contributed by atoms with E-state index in [0.717, 1.165) is 17.4 Å². The highest BCUT2D eigenvalue weighted by atomic mass is 32.2. The van der Waals surface area contributed by atoms with Gasteiger partial charge in [0.2, 0.25) is 0 Å². The number of hydrogen-bond acceptors (Lipinski definition) is 3. The van der Waals surface area contributed by atoms with Gasteiger partial charge < -0.3 is 0 Å². The van der Waals surface area contributed by atoms with E-state index in [-0.39, 0.29) is 5.92 Å². The second-order valence-corrected chi connectivity index (χ2v) is 6.38. The molecule has 4 rings (SSSR count). The number of nitrogens with zero attached hydrogens (tertiary/aromatic N) is 3. The first-order chi connectivity index (χ1) is 11.4. The minimum absolute atomic E-state index is 0.206. The van der Waals surface area contributed by atoms with E-state index in [4.69, 9.17) is 0 Å². The second kappa shape index (κ2) is 6.05. The van der Waals surface area contributed by atoms with Crippen LogP contribution in [0.5, 0.6) is 0 Å². The van der Waals surface area contributed by atoms with Crippen molar-refractivity contribution in [3.63, 3.8) is 0 Å². The summed E-state index contributed by atoms with van der Waals surface area (Å²) in [6.45, 7) is 0.